The molecule has 0 atom stereocenters. The third-order valence-corrected chi connectivity index (χ3v) is 2.87. The van der Waals surface area contributed by atoms with Gasteiger partial charge in [0.1, 0.15) is 5.60 Å². The highest BCUT2D eigenvalue weighted by Gasteiger charge is 2.33. The Hall–Kier alpha value is -0.610. The fourth-order valence-electron chi connectivity index (χ4n) is 1.38. The van der Waals surface area contributed by atoms with Gasteiger partial charge >= 0.3 is 0 Å². The van der Waals surface area contributed by atoms with E-state index >= 15 is 0 Å². The quantitative estimate of drug-likeness (QED) is 0.747. The van der Waals surface area contributed by atoms with Crippen molar-refractivity contribution in [3.63, 3.8) is 0 Å². The molecule has 0 fully saturated rings. The second-order valence-corrected chi connectivity index (χ2v) is 5.40. The van der Waals surface area contributed by atoms with E-state index < -0.39 is 5.60 Å². The summed E-state index contributed by atoms with van der Waals surface area (Å²) in [4.78, 5) is 14.0. The number of methoxy groups -OCH3 is 1. The number of rotatable bonds is 6. The molecule has 2 N–H and O–H groups in total. The first-order valence-electron chi connectivity index (χ1n) is 5.75. The minimum absolute atomic E-state index is 0.0130. The van der Waals surface area contributed by atoms with E-state index in [0.717, 1.165) is 0 Å². The molecule has 0 saturated heterocycles. The van der Waals surface area contributed by atoms with E-state index in [4.69, 9.17) is 10.5 Å². The van der Waals surface area contributed by atoms with Crippen LogP contribution in [0.3, 0.4) is 0 Å². The van der Waals surface area contributed by atoms with E-state index in [9.17, 15) is 4.79 Å². The van der Waals surface area contributed by atoms with Crippen LogP contribution in [0.25, 0.3) is 0 Å². The van der Waals surface area contributed by atoms with E-state index in [0.29, 0.717) is 19.6 Å². The molecule has 0 aliphatic heterocycles. The lowest BCUT2D eigenvalue weighted by molar-refractivity contribution is -0.152. The van der Waals surface area contributed by atoms with Crippen LogP contribution < -0.4 is 5.73 Å². The van der Waals surface area contributed by atoms with Gasteiger partial charge < -0.3 is 15.4 Å². The zero-order valence-corrected chi connectivity index (χ0v) is 11.5. The number of nitrogens with zero attached hydrogens (tertiary/aromatic N) is 1. The van der Waals surface area contributed by atoms with Gasteiger partial charge in [-0.2, -0.15) is 0 Å². The molecule has 0 aromatic heterocycles. The lowest BCUT2D eigenvalue weighted by atomic mass is 9.92. The number of hydrogen-bond acceptors (Lipinski definition) is 3. The van der Waals surface area contributed by atoms with Gasteiger partial charge in [-0.05, 0) is 32.7 Å². The third kappa shape index (κ3) is 4.10. The van der Waals surface area contributed by atoms with E-state index in [2.05, 4.69) is 13.8 Å². The van der Waals surface area contributed by atoms with Gasteiger partial charge in [0.15, 0.2) is 0 Å². The zero-order valence-electron chi connectivity index (χ0n) is 11.5. The highest BCUT2D eigenvalue weighted by molar-refractivity contribution is 5.84. The van der Waals surface area contributed by atoms with Gasteiger partial charge in [0.25, 0.3) is 5.91 Å². The zero-order chi connectivity index (χ0) is 13.0. The molecule has 0 radical (unpaired) electrons. The number of carbonyl (C=O) groups excluding carboxylic acids is 1. The molecule has 0 aromatic carbocycles. The molecule has 4 nitrogen and oxygen atoms in total. The van der Waals surface area contributed by atoms with E-state index in [1.54, 1.807) is 25.9 Å². The number of ether oxygens (including phenoxy) is 1. The fourth-order valence-corrected chi connectivity index (χ4v) is 1.38. The Balaban J connectivity index is 4.69. The van der Waals surface area contributed by atoms with Crippen LogP contribution in [0.1, 0.15) is 34.6 Å². The topological polar surface area (TPSA) is 55.6 Å². The SMILES string of the molecule is CCN(CC(C)(C)CN)C(=O)C(C)(C)OC. The number of carbonyl (C=O) groups is 1. The number of hydrogen-bond donors (Lipinski definition) is 1. The highest BCUT2D eigenvalue weighted by Crippen LogP contribution is 2.19. The van der Waals surface area contributed by atoms with Crippen molar-refractivity contribution in [3.8, 4) is 0 Å². The molecule has 1 amide bonds. The molecule has 16 heavy (non-hydrogen) atoms. The second kappa shape index (κ2) is 5.64. The van der Waals surface area contributed by atoms with Crippen molar-refractivity contribution >= 4 is 5.91 Å². The highest BCUT2D eigenvalue weighted by atomic mass is 16.5. The first-order chi connectivity index (χ1) is 7.20. The van der Waals surface area contributed by atoms with Crippen molar-refractivity contribution < 1.29 is 9.53 Å². The Bertz CT molecular complexity index is 237. The van der Waals surface area contributed by atoms with Crippen molar-refractivity contribution in [2.45, 2.75) is 40.2 Å². The first kappa shape index (κ1) is 15.4. The van der Waals surface area contributed by atoms with Gasteiger partial charge in [-0.1, -0.05) is 13.8 Å². The molecule has 0 aliphatic rings. The van der Waals surface area contributed by atoms with E-state index in [-0.39, 0.29) is 11.3 Å². The summed E-state index contributed by atoms with van der Waals surface area (Å²) in [5, 5.41) is 0. The summed E-state index contributed by atoms with van der Waals surface area (Å²) >= 11 is 0. The van der Waals surface area contributed by atoms with Gasteiger partial charge in [0.05, 0.1) is 0 Å². The lowest BCUT2D eigenvalue weighted by Crippen LogP contribution is -2.50. The maximum Gasteiger partial charge on any atom is 0.254 e. The molecule has 4 heteroatoms. The predicted octanol–water partition coefficient (Wildman–Crippen LogP) is 1.24. The number of nitrogens with two attached hydrogens (primary N) is 1. The Morgan fingerprint density at radius 1 is 1.31 bits per heavy atom. The molecule has 0 unspecified atom stereocenters. The molecule has 96 valence electrons. The number of amides is 1. The van der Waals surface area contributed by atoms with Crippen molar-refractivity contribution in [2.75, 3.05) is 26.7 Å². The van der Waals surface area contributed by atoms with Crippen LogP contribution in [0.4, 0.5) is 0 Å². The molecule has 0 bridgehead atoms. The summed E-state index contributed by atoms with van der Waals surface area (Å²) in [7, 11) is 1.56. The maximum absolute atomic E-state index is 12.2. The minimum atomic E-state index is -0.763. The van der Waals surface area contributed by atoms with Gasteiger partial charge in [0, 0.05) is 20.2 Å². The molecule has 0 heterocycles. The summed E-state index contributed by atoms with van der Waals surface area (Å²) in [5.41, 5.74) is 4.86. The summed E-state index contributed by atoms with van der Waals surface area (Å²) in [6.45, 7) is 11.5. The average Bonchev–Trinajstić information content (AvgIpc) is 2.25. The summed E-state index contributed by atoms with van der Waals surface area (Å²) in [6.07, 6.45) is 0. The third-order valence-electron chi connectivity index (χ3n) is 2.87. The van der Waals surface area contributed by atoms with Crippen molar-refractivity contribution in [1.82, 2.24) is 4.90 Å². The van der Waals surface area contributed by atoms with Gasteiger partial charge in [-0.3, -0.25) is 4.79 Å². The number of likely N-dealkylation sites (N-methyl/N-ethyl adjacent to an activating group) is 1. The predicted molar refractivity (Wildman–Crippen MR) is 66.2 cm³/mol. The normalized spacial score (nSPS) is 12.7. The summed E-state index contributed by atoms with van der Waals surface area (Å²) in [6, 6.07) is 0. The largest absolute Gasteiger partial charge is 0.369 e. The minimum Gasteiger partial charge on any atom is -0.369 e. The summed E-state index contributed by atoms with van der Waals surface area (Å²) < 4.78 is 5.21. The Kier molecular flexibility index (Phi) is 5.42. The lowest BCUT2D eigenvalue weighted by Gasteiger charge is -2.35. The van der Waals surface area contributed by atoms with Gasteiger partial charge in [-0.15, -0.1) is 0 Å². The molecular formula is C12H26N2O2. The molecule has 0 rings (SSSR count). The van der Waals surface area contributed by atoms with Crippen LogP contribution in [0, 0.1) is 5.41 Å². The van der Waals surface area contributed by atoms with Crippen molar-refractivity contribution in [2.24, 2.45) is 11.1 Å². The van der Waals surface area contributed by atoms with Gasteiger partial charge in [0.2, 0.25) is 0 Å². The Labute approximate surface area is 99.1 Å². The Morgan fingerprint density at radius 3 is 2.12 bits per heavy atom. The molecule has 0 saturated carbocycles. The molecular weight excluding hydrogens is 204 g/mol. The fraction of sp³-hybridized carbons (Fsp3) is 0.917. The molecule has 0 aromatic rings. The molecule has 0 aliphatic carbocycles. The molecule has 0 spiro atoms. The smallest absolute Gasteiger partial charge is 0.254 e. The second-order valence-electron chi connectivity index (χ2n) is 5.40. The first-order valence-corrected chi connectivity index (χ1v) is 5.75. The van der Waals surface area contributed by atoms with E-state index in [1.165, 1.54) is 0 Å². The van der Waals surface area contributed by atoms with Crippen LogP contribution in [0.5, 0.6) is 0 Å². The monoisotopic (exact) mass is 230 g/mol. The average molecular weight is 230 g/mol. The van der Waals surface area contributed by atoms with Crippen molar-refractivity contribution in [3.05, 3.63) is 0 Å². The van der Waals surface area contributed by atoms with Crippen LogP contribution >= 0.6 is 0 Å². The van der Waals surface area contributed by atoms with Crippen LogP contribution in [0.15, 0.2) is 0 Å². The van der Waals surface area contributed by atoms with Crippen LogP contribution in [-0.2, 0) is 9.53 Å². The van der Waals surface area contributed by atoms with Crippen LogP contribution in [0.2, 0.25) is 0 Å². The van der Waals surface area contributed by atoms with E-state index in [1.807, 2.05) is 6.92 Å². The van der Waals surface area contributed by atoms with Gasteiger partial charge in [-0.25, -0.2) is 0 Å². The Morgan fingerprint density at radius 2 is 1.81 bits per heavy atom. The summed E-state index contributed by atoms with van der Waals surface area (Å²) in [5.74, 6) is 0.0130. The standard InChI is InChI=1S/C12H26N2O2/c1-7-14(9-11(2,3)8-13)10(15)12(4,5)16-6/h7-9,13H2,1-6H3. The maximum atomic E-state index is 12.2. The van der Waals surface area contributed by atoms with Crippen LogP contribution in [-0.4, -0.2) is 43.2 Å². The van der Waals surface area contributed by atoms with Crippen molar-refractivity contribution in [1.29, 1.82) is 0 Å².